The van der Waals surface area contributed by atoms with Gasteiger partial charge in [0, 0.05) is 0 Å². The number of nitrogens with zero attached hydrogens (tertiary/aromatic N) is 2. The maximum absolute atomic E-state index is 13.2. The molecule has 7 heteroatoms. The number of aliphatic imine (C=N–C) groups is 1. The van der Waals surface area contributed by atoms with Gasteiger partial charge >= 0.3 is 0 Å². The first kappa shape index (κ1) is 18.1. The molecule has 0 radical (unpaired) electrons. The highest BCUT2D eigenvalue weighted by Gasteiger charge is 2.36. The average molecular weight is 401 g/mol. The Labute approximate surface area is 166 Å². The van der Waals surface area contributed by atoms with Crippen LogP contribution in [0.5, 0.6) is 5.75 Å². The fourth-order valence-corrected chi connectivity index (χ4v) is 4.04. The SMILES string of the molecule is Cc1ccccc1N1C(=O)/C(=C/c2ccc(O)c(Cl)c2)SC1=NC1COC1. The zero-order valence-electron chi connectivity index (χ0n) is 14.6. The van der Waals surface area contributed by atoms with Crippen molar-refractivity contribution in [2.24, 2.45) is 4.99 Å². The highest BCUT2D eigenvalue weighted by Crippen LogP contribution is 2.38. The van der Waals surface area contributed by atoms with E-state index in [-0.39, 0.29) is 22.7 Å². The average Bonchev–Trinajstić information content (AvgIpc) is 2.91. The van der Waals surface area contributed by atoms with Crippen LogP contribution in [0, 0.1) is 6.92 Å². The van der Waals surface area contributed by atoms with E-state index in [0.717, 1.165) is 16.8 Å². The second-order valence-electron chi connectivity index (χ2n) is 6.35. The molecule has 0 aliphatic carbocycles. The molecular weight excluding hydrogens is 384 g/mol. The number of phenols is 1. The van der Waals surface area contributed by atoms with Crippen molar-refractivity contribution in [3.05, 3.63) is 63.5 Å². The van der Waals surface area contributed by atoms with E-state index >= 15 is 0 Å². The van der Waals surface area contributed by atoms with Gasteiger partial charge in [0.15, 0.2) is 5.17 Å². The Morgan fingerprint density at radius 1 is 1.30 bits per heavy atom. The fraction of sp³-hybridized carbons (Fsp3) is 0.200. The maximum Gasteiger partial charge on any atom is 0.271 e. The highest BCUT2D eigenvalue weighted by atomic mass is 35.5. The summed E-state index contributed by atoms with van der Waals surface area (Å²) in [5, 5.41) is 10.5. The summed E-state index contributed by atoms with van der Waals surface area (Å²) >= 11 is 7.33. The number of carbonyl (C=O) groups is 1. The molecule has 2 heterocycles. The number of benzene rings is 2. The zero-order valence-corrected chi connectivity index (χ0v) is 16.1. The number of rotatable bonds is 3. The van der Waals surface area contributed by atoms with Crippen LogP contribution in [0.3, 0.4) is 0 Å². The van der Waals surface area contributed by atoms with Crippen molar-refractivity contribution in [3.8, 4) is 5.75 Å². The summed E-state index contributed by atoms with van der Waals surface area (Å²) in [4.78, 5) is 20.1. The molecular formula is C20H17ClN2O3S. The molecule has 2 fully saturated rings. The molecule has 1 N–H and O–H groups in total. The number of amides is 1. The van der Waals surface area contributed by atoms with Crippen LogP contribution < -0.4 is 4.90 Å². The van der Waals surface area contributed by atoms with Crippen LogP contribution in [0.2, 0.25) is 5.02 Å². The topological polar surface area (TPSA) is 62.1 Å². The van der Waals surface area contributed by atoms with E-state index in [1.54, 1.807) is 23.1 Å². The summed E-state index contributed by atoms with van der Waals surface area (Å²) in [7, 11) is 0. The molecule has 27 heavy (non-hydrogen) atoms. The van der Waals surface area contributed by atoms with Gasteiger partial charge in [0.2, 0.25) is 0 Å². The first-order valence-corrected chi connectivity index (χ1v) is 9.66. The molecule has 2 aromatic rings. The van der Waals surface area contributed by atoms with Gasteiger partial charge in [-0.25, -0.2) is 0 Å². The Kier molecular flexibility index (Phi) is 4.95. The molecule has 4 rings (SSSR count). The number of halogens is 1. The van der Waals surface area contributed by atoms with E-state index in [1.807, 2.05) is 31.2 Å². The van der Waals surface area contributed by atoms with Gasteiger partial charge < -0.3 is 9.84 Å². The number of carbonyl (C=O) groups excluding carboxylic acids is 1. The minimum absolute atomic E-state index is 0.0120. The predicted molar refractivity (Wildman–Crippen MR) is 109 cm³/mol. The van der Waals surface area contributed by atoms with Crippen molar-refractivity contribution in [2.45, 2.75) is 13.0 Å². The Bertz CT molecular complexity index is 969. The first-order chi connectivity index (χ1) is 13.0. The number of anilines is 1. The molecule has 1 amide bonds. The number of amidine groups is 1. The van der Waals surface area contributed by atoms with Gasteiger partial charge in [-0.2, -0.15) is 0 Å². The van der Waals surface area contributed by atoms with Gasteiger partial charge in [0.05, 0.1) is 34.9 Å². The van der Waals surface area contributed by atoms with Crippen LogP contribution >= 0.6 is 23.4 Å². The monoisotopic (exact) mass is 400 g/mol. The maximum atomic E-state index is 13.2. The number of thioether (sulfide) groups is 1. The second-order valence-corrected chi connectivity index (χ2v) is 7.77. The van der Waals surface area contributed by atoms with Crippen LogP contribution in [0.4, 0.5) is 5.69 Å². The van der Waals surface area contributed by atoms with Crippen LogP contribution in [-0.4, -0.2) is 35.4 Å². The summed E-state index contributed by atoms with van der Waals surface area (Å²) in [6, 6.07) is 12.7. The van der Waals surface area contributed by atoms with Crippen molar-refractivity contribution < 1.29 is 14.6 Å². The van der Waals surface area contributed by atoms with Gasteiger partial charge in [-0.05, 0) is 54.1 Å². The minimum atomic E-state index is -0.127. The number of hydrogen-bond acceptors (Lipinski definition) is 5. The summed E-state index contributed by atoms with van der Waals surface area (Å²) in [6.45, 7) is 3.12. The smallest absolute Gasteiger partial charge is 0.271 e. The Morgan fingerprint density at radius 3 is 2.74 bits per heavy atom. The van der Waals surface area contributed by atoms with Gasteiger partial charge in [-0.3, -0.25) is 14.7 Å². The van der Waals surface area contributed by atoms with E-state index in [4.69, 9.17) is 21.3 Å². The molecule has 0 bridgehead atoms. The van der Waals surface area contributed by atoms with E-state index in [0.29, 0.717) is 23.3 Å². The van der Waals surface area contributed by atoms with E-state index < -0.39 is 0 Å². The number of aryl methyl sites for hydroxylation is 1. The van der Waals surface area contributed by atoms with Gasteiger partial charge in [0.25, 0.3) is 5.91 Å². The van der Waals surface area contributed by atoms with Gasteiger partial charge in [0.1, 0.15) is 5.75 Å². The normalized spacial score (nSPS) is 20.5. The van der Waals surface area contributed by atoms with E-state index in [1.165, 1.54) is 17.8 Å². The lowest BCUT2D eigenvalue weighted by Gasteiger charge is -2.24. The van der Waals surface area contributed by atoms with Crippen LogP contribution in [0.1, 0.15) is 11.1 Å². The number of aromatic hydroxyl groups is 1. The minimum Gasteiger partial charge on any atom is -0.506 e. The molecule has 0 unspecified atom stereocenters. The molecule has 0 saturated carbocycles. The molecule has 2 aromatic carbocycles. The highest BCUT2D eigenvalue weighted by molar-refractivity contribution is 8.19. The van der Waals surface area contributed by atoms with E-state index in [2.05, 4.69) is 0 Å². The van der Waals surface area contributed by atoms with Crippen molar-refractivity contribution in [3.63, 3.8) is 0 Å². The number of para-hydroxylation sites is 1. The first-order valence-electron chi connectivity index (χ1n) is 8.46. The van der Waals surface area contributed by atoms with Crippen molar-refractivity contribution in [1.82, 2.24) is 0 Å². The van der Waals surface area contributed by atoms with Crippen molar-refractivity contribution >= 4 is 46.2 Å². The third-order valence-electron chi connectivity index (χ3n) is 4.35. The summed E-state index contributed by atoms with van der Waals surface area (Å²) in [5.74, 6) is -0.115. The molecule has 2 aliphatic rings. The largest absolute Gasteiger partial charge is 0.506 e. The third-order valence-corrected chi connectivity index (χ3v) is 5.63. The number of ether oxygens (including phenoxy) is 1. The Morgan fingerprint density at radius 2 is 2.07 bits per heavy atom. The van der Waals surface area contributed by atoms with Crippen LogP contribution in [0.25, 0.3) is 6.08 Å². The lowest BCUT2D eigenvalue weighted by Crippen LogP contribution is -2.36. The van der Waals surface area contributed by atoms with Gasteiger partial charge in [-0.1, -0.05) is 35.9 Å². The van der Waals surface area contributed by atoms with Crippen molar-refractivity contribution in [2.75, 3.05) is 18.1 Å². The second kappa shape index (κ2) is 7.38. The molecule has 138 valence electrons. The number of phenolic OH excluding ortho intramolecular Hbond substituents is 1. The third kappa shape index (κ3) is 3.60. The van der Waals surface area contributed by atoms with Crippen molar-refractivity contribution in [1.29, 1.82) is 0 Å². The van der Waals surface area contributed by atoms with E-state index in [9.17, 15) is 9.90 Å². The summed E-state index contributed by atoms with van der Waals surface area (Å²) in [6.07, 6.45) is 1.77. The van der Waals surface area contributed by atoms with Crippen LogP contribution in [-0.2, 0) is 9.53 Å². The Balaban J connectivity index is 1.74. The molecule has 5 nitrogen and oxygen atoms in total. The molecule has 0 atom stereocenters. The van der Waals surface area contributed by atoms with Crippen LogP contribution in [0.15, 0.2) is 52.4 Å². The summed E-state index contributed by atoms with van der Waals surface area (Å²) in [5.41, 5.74) is 2.56. The molecule has 2 saturated heterocycles. The van der Waals surface area contributed by atoms with Gasteiger partial charge in [-0.15, -0.1) is 0 Å². The standard InChI is InChI=1S/C20H17ClN2O3S/c1-12-4-2-3-5-16(12)23-19(25)18(27-20(23)22-14-10-26-11-14)9-13-6-7-17(24)15(21)8-13/h2-9,14,24H,10-11H2,1H3/b18-9-,22-20?. The fourth-order valence-electron chi connectivity index (χ4n) is 2.81. The molecule has 0 aromatic heterocycles. The predicted octanol–water partition coefficient (Wildman–Crippen LogP) is 4.23. The Hall–Kier alpha value is -2.28. The zero-order chi connectivity index (χ0) is 19.0. The summed E-state index contributed by atoms with van der Waals surface area (Å²) < 4.78 is 5.21. The molecule has 2 aliphatic heterocycles. The molecule has 0 spiro atoms. The lowest BCUT2D eigenvalue weighted by molar-refractivity contribution is -0.113. The number of hydrogen-bond donors (Lipinski definition) is 1. The quantitative estimate of drug-likeness (QED) is 0.783. The lowest BCUT2D eigenvalue weighted by atomic mass is 10.1.